The van der Waals surface area contributed by atoms with E-state index in [1.807, 2.05) is 42.3 Å². The normalized spacial score (nSPS) is 21.0. The van der Waals surface area contributed by atoms with Crippen molar-refractivity contribution in [3.05, 3.63) is 76.8 Å². The molecule has 2 N–H and O–H groups in total. The molecule has 0 spiro atoms. The summed E-state index contributed by atoms with van der Waals surface area (Å²) < 4.78 is 13.9. The summed E-state index contributed by atoms with van der Waals surface area (Å²) in [5.41, 5.74) is 2.55. The maximum atomic E-state index is 13.9. The Kier molecular flexibility index (Phi) is 4.99. The molecular formula is C26H23FN4O2S. The van der Waals surface area contributed by atoms with Crippen LogP contribution in [0.2, 0.25) is 0 Å². The lowest BCUT2D eigenvalue weighted by molar-refractivity contribution is 0.0690. The van der Waals surface area contributed by atoms with Gasteiger partial charge in [0.2, 0.25) is 0 Å². The van der Waals surface area contributed by atoms with Gasteiger partial charge in [-0.2, -0.15) is 0 Å². The molecule has 172 valence electrons. The smallest absolute Gasteiger partial charge is 0.274 e. The second-order valence-electron chi connectivity index (χ2n) is 9.06. The Bertz CT molecular complexity index is 1430. The third kappa shape index (κ3) is 3.58. The molecule has 4 aromatic rings. The van der Waals surface area contributed by atoms with Crippen LogP contribution in [0.5, 0.6) is 0 Å². The first-order valence-electron chi connectivity index (χ1n) is 11.4. The summed E-state index contributed by atoms with van der Waals surface area (Å²) in [4.78, 5) is 36.8. The van der Waals surface area contributed by atoms with Crippen LogP contribution in [0.1, 0.15) is 32.3 Å². The van der Waals surface area contributed by atoms with Crippen molar-refractivity contribution in [3.63, 3.8) is 0 Å². The van der Waals surface area contributed by atoms with E-state index in [4.69, 9.17) is 0 Å². The van der Waals surface area contributed by atoms with Crippen LogP contribution in [0.4, 0.5) is 4.39 Å². The van der Waals surface area contributed by atoms with Gasteiger partial charge >= 0.3 is 0 Å². The minimum absolute atomic E-state index is 0.0748. The molecule has 0 radical (unpaired) electrons. The molecule has 2 aromatic carbocycles. The summed E-state index contributed by atoms with van der Waals surface area (Å²) in [7, 11) is 0. The highest BCUT2D eigenvalue weighted by molar-refractivity contribution is 7.15. The quantitative estimate of drug-likeness (QED) is 0.443. The van der Waals surface area contributed by atoms with E-state index < -0.39 is 0 Å². The molecule has 6 nitrogen and oxygen atoms in total. The van der Waals surface area contributed by atoms with Crippen molar-refractivity contribution in [2.24, 2.45) is 11.8 Å². The van der Waals surface area contributed by atoms with Crippen LogP contribution < -0.4 is 5.32 Å². The highest BCUT2D eigenvalue weighted by Crippen LogP contribution is 2.50. The zero-order valence-electron chi connectivity index (χ0n) is 18.5. The number of likely N-dealkylation sites (tertiary alicyclic amines) is 1. The van der Waals surface area contributed by atoms with E-state index in [1.165, 1.54) is 23.5 Å². The molecule has 2 fully saturated rings. The van der Waals surface area contributed by atoms with E-state index in [0.717, 1.165) is 22.3 Å². The minimum atomic E-state index is -0.345. The summed E-state index contributed by atoms with van der Waals surface area (Å²) >= 11 is 1.40. The summed E-state index contributed by atoms with van der Waals surface area (Å²) in [6, 6.07) is 13.7. The van der Waals surface area contributed by atoms with Crippen LogP contribution >= 0.6 is 11.3 Å². The van der Waals surface area contributed by atoms with Crippen molar-refractivity contribution in [1.82, 2.24) is 20.2 Å². The lowest BCUT2D eigenvalue weighted by Gasteiger charge is -2.27. The largest absolute Gasteiger partial charge is 0.361 e. The number of rotatable bonds is 5. The molecule has 0 unspecified atom stereocenters. The monoisotopic (exact) mass is 474 g/mol. The molecule has 8 heteroatoms. The molecule has 2 aromatic heterocycles. The van der Waals surface area contributed by atoms with Gasteiger partial charge in [0, 0.05) is 35.8 Å². The van der Waals surface area contributed by atoms with Gasteiger partial charge in [0.1, 0.15) is 11.5 Å². The van der Waals surface area contributed by atoms with Crippen LogP contribution in [0.3, 0.4) is 0 Å². The highest BCUT2D eigenvalue weighted by atomic mass is 32.1. The number of piperidine rings is 1. The predicted molar refractivity (Wildman–Crippen MR) is 129 cm³/mol. The molecule has 2 amide bonds. The maximum absolute atomic E-state index is 13.9. The van der Waals surface area contributed by atoms with Gasteiger partial charge in [-0.05, 0) is 61.1 Å². The molecule has 2 aliphatic rings. The Labute approximate surface area is 199 Å². The molecule has 1 aliphatic carbocycles. The molecule has 1 saturated heterocycles. The van der Waals surface area contributed by atoms with E-state index >= 15 is 0 Å². The number of hydrogen-bond donors (Lipinski definition) is 2. The number of hydrogen-bond acceptors (Lipinski definition) is 4. The van der Waals surface area contributed by atoms with Gasteiger partial charge in [-0.3, -0.25) is 9.59 Å². The fourth-order valence-corrected chi connectivity index (χ4v) is 6.08. The molecule has 3 atom stereocenters. The van der Waals surface area contributed by atoms with E-state index in [2.05, 4.69) is 15.3 Å². The Morgan fingerprint density at radius 2 is 2.09 bits per heavy atom. The zero-order valence-corrected chi connectivity index (χ0v) is 19.4. The van der Waals surface area contributed by atoms with Crippen LogP contribution in [-0.2, 0) is 0 Å². The molecular weight excluding hydrogens is 451 g/mol. The third-order valence-electron chi connectivity index (χ3n) is 6.90. The summed E-state index contributed by atoms with van der Waals surface area (Å²) in [5, 5.41) is 4.70. The molecule has 0 bridgehead atoms. The van der Waals surface area contributed by atoms with Gasteiger partial charge in [-0.1, -0.05) is 18.2 Å². The summed E-state index contributed by atoms with van der Waals surface area (Å²) in [6.07, 6.45) is 2.89. The number of nitrogens with one attached hydrogen (secondary N) is 2. The Balaban J connectivity index is 1.23. The maximum Gasteiger partial charge on any atom is 0.274 e. The van der Waals surface area contributed by atoms with Crippen molar-refractivity contribution >= 4 is 34.1 Å². The number of carbonyl (C=O) groups is 2. The third-order valence-corrected chi connectivity index (χ3v) is 7.92. The van der Waals surface area contributed by atoms with Crippen LogP contribution in [0.15, 0.2) is 54.7 Å². The van der Waals surface area contributed by atoms with E-state index in [1.54, 1.807) is 12.1 Å². The number of benzene rings is 2. The zero-order chi connectivity index (χ0) is 23.4. The number of halogens is 1. The minimum Gasteiger partial charge on any atom is -0.361 e. The van der Waals surface area contributed by atoms with E-state index in [9.17, 15) is 14.0 Å². The number of carbonyl (C=O) groups excluding carboxylic acids is 2. The summed E-state index contributed by atoms with van der Waals surface area (Å²) in [5.74, 6) is 0.220. The van der Waals surface area contributed by atoms with Crippen molar-refractivity contribution in [2.45, 2.75) is 19.4 Å². The van der Waals surface area contributed by atoms with Crippen LogP contribution in [0, 0.1) is 24.6 Å². The van der Waals surface area contributed by atoms with Gasteiger partial charge in [-0.15, -0.1) is 11.3 Å². The number of amides is 2. The first kappa shape index (κ1) is 21.0. The van der Waals surface area contributed by atoms with Gasteiger partial charge < -0.3 is 15.2 Å². The van der Waals surface area contributed by atoms with Gasteiger partial charge in [-0.25, -0.2) is 9.37 Å². The number of H-pyrrole nitrogens is 1. The fraction of sp³-hybridized carbons (Fsp3) is 0.269. The molecule has 34 heavy (non-hydrogen) atoms. The van der Waals surface area contributed by atoms with Gasteiger partial charge in [0.25, 0.3) is 11.8 Å². The summed E-state index contributed by atoms with van der Waals surface area (Å²) in [6.45, 7) is 2.91. The lowest BCUT2D eigenvalue weighted by atomic mass is 10.1. The number of aromatic amines is 1. The first-order valence-corrected chi connectivity index (χ1v) is 12.2. The Hall–Kier alpha value is -3.52. The fourth-order valence-electron chi connectivity index (χ4n) is 5.18. The highest BCUT2D eigenvalue weighted by Gasteiger charge is 2.54. The Morgan fingerprint density at radius 3 is 2.94 bits per heavy atom. The number of aryl methyl sites for hydroxylation is 1. The second kappa shape index (κ2) is 8.06. The predicted octanol–water partition coefficient (Wildman–Crippen LogP) is 4.63. The lowest BCUT2D eigenvalue weighted by Crippen LogP contribution is -2.45. The number of fused-ring (bicyclic) bond motifs is 2. The van der Waals surface area contributed by atoms with E-state index in [0.29, 0.717) is 46.6 Å². The van der Waals surface area contributed by atoms with Crippen LogP contribution in [0.25, 0.3) is 21.3 Å². The molecule has 1 aliphatic heterocycles. The van der Waals surface area contributed by atoms with Gasteiger partial charge in [0.05, 0.1) is 15.9 Å². The second-order valence-corrected chi connectivity index (χ2v) is 10.3. The molecule has 1 saturated carbocycles. The van der Waals surface area contributed by atoms with Crippen LogP contribution in [-0.4, -0.2) is 45.8 Å². The van der Waals surface area contributed by atoms with Gasteiger partial charge in [0.15, 0.2) is 0 Å². The van der Waals surface area contributed by atoms with Crippen molar-refractivity contribution < 1.29 is 14.0 Å². The standard InChI is InChI=1S/C26H23FN4O2S/c1-14-30-23(24(34-14)15-4-2-5-17(27)10-15)26(33)31-13-16-11-20(16)22(31)12-29-25(32)19-6-3-7-21-18(19)8-9-28-21/h2-10,16,20,22,28H,11-13H2,1H3,(H,29,32)/t16-,20-,22-/m1/s1. The van der Waals surface area contributed by atoms with Crippen molar-refractivity contribution in [1.29, 1.82) is 0 Å². The average Bonchev–Trinajstić information content (AvgIpc) is 3.16. The number of aromatic nitrogens is 2. The number of nitrogens with zero attached hydrogens (tertiary/aromatic N) is 2. The van der Waals surface area contributed by atoms with Crippen molar-refractivity contribution in [2.75, 3.05) is 13.1 Å². The van der Waals surface area contributed by atoms with Crippen molar-refractivity contribution in [3.8, 4) is 10.4 Å². The Morgan fingerprint density at radius 1 is 1.24 bits per heavy atom. The molecule has 3 heterocycles. The topological polar surface area (TPSA) is 78.1 Å². The average molecular weight is 475 g/mol. The molecule has 6 rings (SSSR count). The number of thiazole rings is 1. The first-order chi connectivity index (χ1) is 16.5. The SMILES string of the molecule is Cc1nc(C(=O)N2C[C@H]3C[C@H]3[C@H]2CNC(=O)c2cccc3[nH]ccc23)c(-c2cccc(F)c2)s1. The van der Waals surface area contributed by atoms with E-state index in [-0.39, 0.29) is 23.7 Å².